The second kappa shape index (κ2) is 13.8. The fourth-order valence-corrected chi connectivity index (χ4v) is 1.85. The van der Waals surface area contributed by atoms with Gasteiger partial charge in [0.15, 0.2) is 0 Å². The second-order valence-corrected chi connectivity index (χ2v) is 5.60. The van der Waals surface area contributed by atoms with Crippen LogP contribution in [0.3, 0.4) is 0 Å². The third-order valence-corrected chi connectivity index (χ3v) is 3.80. The lowest BCUT2D eigenvalue weighted by Crippen LogP contribution is -2.09. The zero-order chi connectivity index (χ0) is 13.7. The fourth-order valence-electron chi connectivity index (χ4n) is 1.85. The first-order valence-electron chi connectivity index (χ1n) is 7.60. The molecule has 0 spiro atoms. The Bertz CT molecular complexity index is 148. The van der Waals surface area contributed by atoms with E-state index in [0.29, 0.717) is 0 Å². The van der Waals surface area contributed by atoms with Crippen LogP contribution in [0.5, 0.6) is 0 Å². The topological polar surface area (TPSA) is 0 Å². The first-order valence-corrected chi connectivity index (χ1v) is 7.60. The van der Waals surface area contributed by atoms with Crippen LogP contribution in [0.15, 0.2) is 12.7 Å². The van der Waals surface area contributed by atoms with Crippen LogP contribution in [0.2, 0.25) is 0 Å². The average molecular weight is 240 g/mol. The Kier molecular flexibility index (Phi) is 15.5. The average Bonchev–Trinajstić information content (AvgIpc) is 2.33. The van der Waals surface area contributed by atoms with Crippen molar-refractivity contribution in [1.82, 2.24) is 0 Å². The highest BCUT2D eigenvalue weighted by molar-refractivity contribution is 4.64. The van der Waals surface area contributed by atoms with Crippen LogP contribution in [0.25, 0.3) is 0 Å². The van der Waals surface area contributed by atoms with Crippen LogP contribution in [0.4, 0.5) is 0 Å². The van der Waals surface area contributed by atoms with Gasteiger partial charge in [0.25, 0.3) is 0 Å². The number of unbranched alkanes of at least 4 members (excludes halogenated alkanes) is 1. The van der Waals surface area contributed by atoms with Gasteiger partial charge in [0.1, 0.15) is 0 Å². The Morgan fingerprint density at radius 1 is 0.941 bits per heavy atom. The monoisotopic (exact) mass is 240 g/mol. The van der Waals surface area contributed by atoms with Crippen molar-refractivity contribution >= 4 is 0 Å². The third kappa shape index (κ3) is 13.7. The van der Waals surface area contributed by atoms with Crippen molar-refractivity contribution in [2.24, 2.45) is 17.8 Å². The van der Waals surface area contributed by atoms with Crippen LogP contribution in [0.1, 0.15) is 80.1 Å². The van der Waals surface area contributed by atoms with E-state index < -0.39 is 0 Å². The van der Waals surface area contributed by atoms with E-state index in [-0.39, 0.29) is 0 Å². The summed E-state index contributed by atoms with van der Waals surface area (Å²) in [4.78, 5) is 0. The Hall–Kier alpha value is -0.260. The summed E-state index contributed by atoms with van der Waals surface area (Å²) >= 11 is 0. The van der Waals surface area contributed by atoms with E-state index in [1.165, 1.54) is 38.5 Å². The number of hydrogen-bond donors (Lipinski definition) is 0. The maximum atomic E-state index is 3.36. The minimum atomic E-state index is 0.926. The molecule has 0 aliphatic heterocycles. The molecule has 0 N–H and O–H groups in total. The molecule has 0 heterocycles. The molecular weight excluding hydrogens is 204 g/mol. The van der Waals surface area contributed by atoms with Gasteiger partial charge in [0.2, 0.25) is 0 Å². The molecule has 17 heavy (non-hydrogen) atoms. The summed E-state index contributed by atoms with van der Waals surface area (Å²) in [5, 5.41) is 0. The van der Waals surface area contributed by atoms with Gasteiger partial charge in [-0.25, -0.2) is 0 Å². The Labute approximate surface area is 111 Å². The molecule has 0 aromatic carbocycles. The van der Waals surface area contributed by atoms with Crippen molar-refractivity contribution in [2.45, 2.75) is 80.1 Å². The first-order chi connectivity index (χ1) is 8.03. The summed E-state index contributed by atoms with van der Waals surface area (Å²) in [5.41, 5.74) is 0. The summed E-state index contributed by atoms with van der Waals surface area (Å²) in [6.45, 7) is 17.1. The van der Waals surface area contributed by atoms with Crippen molar-refractivity contribution in [3.63, 3.8) is 0 Å². The molecule has 0 rings (SSSR count). The van der Waals surface area contributed by atoms with E-state index in [4.69, 9.17) is 0 Å². The van der Waals surface area contributed by atoms with Gasteiger partial charge in [0, 0.05) is 0 Å². The first kappa shape index (κ1) is 19.1. The number of allylic oxidation sites excluding steroid dienone is 1. The molecular formula is C17H36. The van der Waals surface area contributed by atoms with Gasteiger partial charge in [-0.3, -0.25) is 0 Å². The minimum Gasteiger partial charge on any atom is -0.103 e. The molecule has 0 saturated carbocycles. The normalized spacial score (nSPS) is 15.4. The molecule has 3 unspecified atom stereocenters. The second-order valence-electron chi connectivity index (χ2n) is 5.60. The minimum absolute atomic E-state index is 0.926. The molecule has 0 saturated heterocycles. The highest BCUT2D eigenvalue weighted by Crippen LogP contribution is 2.24. The zero-order valence-corrected chi connectivity index (χ0v) is 13.3. The van der Waals surface area contributed by atoms with Gasteiger partial charge >= 0.3 is 0 Å². The van der Waals surface area contributed by atoms with E-state index in [0.717, 1.165) is 17.8 Å². The van der Waals surface area contributed by atoms with Gasteiger partial charge in [-0.1, -0.05) is 79.2 Å². The van der Waals surface area contributed by atoms with E-state index in [1.54, 1.807) is 6.08 Å². The van der Waals surface area contributed by atoms with Gasteiger partial charge in [0.05, 0.1) is 0 Å². The smallest absolute Gasteiger partial charge is 0.0417 e. The summed E-state index contributed by atoms with van der Waals surface area (Å²) in [7, 11) is 0. The van der Waals surface area contributed by atoms with Crippen molar-refractivity contribution in [3.05, 3.63) is 12.7 Å². The molecule has 0 bridgehead atoms. The maximum Gasteiger partial charge on any atom is -0.0417 e. The van der Waals surface area contributed by atoms with Crippen LogP contribution in [0, 0.1) is 17.8 Å². The zero-order valence-electron chi connectivity index (χ0n) is 13.3. The van der Waals surface area contributed by atoms with Crippen molar-refractivity contribution in [2.75, 3.05) is 0 Å². The van der Waals surface area contributed by atoms with E-state index in [2.05, 4.69) is 41.2 Å². The van der Waals surface area contributed by atoms with E-state index >= 15 is 0 Å². The summed E-state index contributed by atoms with van der Waals surface area (Å²) in [6.07, 6.45) is 10.1. The lowest BCUT2D eigenvalue weighted by Gasteiger charge is -2.21. The lowest BCUT2D eigenvalue weighted by molar-refractivity contribution is 0.308. The molecule has 0 fully saturated rings. The molecule has 0 aromatic rings. The van der Waals surface area contributed by atoms with E-state index in [9.17, 15) is 0 Å². The van der Waals surface area contributed by atoms with Crippen molar-refractivity contribution in [3.8, 4) is 0 Å². The molecule has 104 valence electrons. The third-order valence-electron chi connectivity index (χ3n) is 3.80. The molecule has 0 aliphatic rings. The predicted octanol–water partition coefficient (Wildman–Crippen LogP) is 6.47. The highest BCUT2D eigenvalue weighted by atomic mass is 14.2. The fraction of sp³-hybridized carbons (Fsp3) is 0.882. The molecule has 0 aliphatic carbocycles. The van der Waals surface area contributed by atoms with Gasteiger partial charge in [-0.15, -0.1) is 6.58 Å². The predicted molar refractivity (Wildman–Crippen MR) is 82.4 cm³/mol. The number of hydrogen-bond acceptors (Lipinski definition) is 0. The Morgan fingerprint density at radius 3 is 1.82 bits per heavy atom. The maximum absolute atomic E-state index is 3.36. The molecule has 0 nitrogen and oxygen atoms in total. The SMILES string of the molecule is C=CC.CCCCC(C)C(C)CCC(C)CC. The largest absolute Gasteiger partial charge is 0.103 e. The lowest BCUT2D eigenvalue weighted by atomic mass is 9.85. The van der Waals surface area contributed by atoms with Crippen LogP contribution < -0.4 is 0 Å². The van der Waals surface area contributed by atoms with Crippen molar-refractivity contribution in [1.29, 1.82) is 0 Å². The molecule has 0 heteroatoms. The van der Waals surface area contributed by atoms with Gasteiger partial charge in [-0.05, 0) is 24.7 Å². The Morgan fingerprint density at radius 2 is 1.41 bits per heavy atom. The molecule has 0 amide bonds. The molecule has 0 aromatic heterocycles. The quantitative estimate of drug-likeness (QED) is 0.427. The van der Waals surface area contributed by atoms with Gasteiger partial charge in [-0.2, -0.15) is 0 Å². The van der Waals surface area contributed by atoms with E-state index in [1.807, 2.05) is 6.92 Å². The van der Waals surface area contributed by atoms with Gasteiger partial charge < -0.3 is 0 Å². The van der Waals surface area contributed by atoms with Crippen molar-refractivity contribution < 1.29 is 0 Å². The standard InChI is InChI=1S/C14H30.C3H6/c1-6-8-9-13(4)14(5)11-10-12(3)7-2;1-3-2/h12-14H,6-11H2,1-5H3;3H,1H2,2H3. The van der Waals surface area contributed by atoms with Crippen LogP contribution in [-0.4, -0.2) is 0 Å². The molecule has 3 atom stereocenters. The highest BCUT2D eigenvalue weighted by Gasteiger charge is 2.12. The number of rotatable bonds is 8. The van der Waals surface area contributed by atoms with Crippen LogP contribution >= 0.6 is 0 Å². The Balaban J connectivity index is 0. The summed E-state index contributed by atoms with van der Waals surface area (Å²) in [5.74, 6) is 2.78. The summed E-state index contributed by atoms with van der Waals surface area (Å²) in [6, 6.07) is 0. The van der Waals surface area contributed by atoms with Crippen LogP contribution in [-0.2, 0) is 0 Å². The molecule has 0 radical (unpaired) electrons. The summed E-state index contributed by atoms with van der Waals surface area (Å²) < 4.78 is 0.